The van der Waals surface area contributed by atoms with Gasteiger partial charge in [-0.2, -0.15) is 0 Å². The van der Waals surface area contributed by atoms with Crippen LogP contribution in [0.15, 0.2) is 0 Å². The van der Waals surface area contributed by atoms with E-state index in [4.69, 9.17) is 11.6 Å². The topological polar surface area (TPSA) is 0 Å². The molecule has 0 spiro atoms. The third-order valence-electron chi connectivity index (χ3n) is 24.4. The van der Waals surface area contributed by atoms with Gasteiger partial charge in [0.15, 0.2) is 0 Å². The Balaban J connectivity index is -0.0000000605. The lowest BCUT2D eigenvalue weighted by Gasteiger charge is -2.25. The van der Waals surface area contributed by atoms with Crippen molar-refractivity contribution < 1.29 is 8.78 Å². The highest BCUT2D eigenvalue weighted by molar-refractivity contribution is 6.20. The number of hydrogen-bond acceptors (Lipinski definition) is 0. The van der Waals surface area contributed by atoms with Crippen LogP contribution >= 0.6 is 11.6 Å². The van der Waals surface area contributed by atoms with Crippen LogP contribution in [-0.2, 0) is 0 Å². The molecule has 1 saturated carbocycles. The Hall–Kier alpha value is 0.150. The van der Waals surface area contributed by atoms with Gasteiger partial charge in [0, 0.05) is 18.2 Å². The van der Waals surface area contributed by atoms with Crippen molar-refractivity contribution in [3.05, 3.63) is 0 Å². The molecule has 0 aliphatic heterocycles. The summed E-state index contributed by atoms with van der Waals surface area (Å²) in [5.74, 6) is 8.39. The maximum absolute atomic E-state index is 12.2. The lowest BCUT2D eigenvalue weighted by atomic mass is 9.81. The van der Waals surface area contributed by atoms with E-state index in [1.54, 1.807) is 6.92 Å². The Morgan fingerprint density at radius 2 is 0.530 bits per heavy atom. The highest BCUT2D eigenvalue weighted by Gasteiger charge is 2.38. The van der Waals surface area contributed by atoms with Crippen molar-refractivity contribution in [2.24, 2.45) is 92.7 Å². The molecule has 0 aromatic carbocycles. The summed E-state index contributed by atoms with van der Waals surface area (Å²) in [5.41, 5.74) is 2.53. The van der Waals surface area contributed by atoms with Crippen LogP contribution in [0, 0.1) is 92.7 Å². The van der Waals surface area contributed by atoms with Crippen molar-refractivity contribution in [3.8, 4) is 0 Å². The first-order valence-corrected chi connectivity index (χ1v) is 53.6. The minimum absolute atomic E-state index is 0.0269. The van der Waals surface area contributed by atoms with Gasteiger partial charge in [0.25, 0.3) is 0 Å². The molecule has 736 valence electrons. The molecule has 0 aromatic rings. The minimum atomic E-state index is -2.41. The molecule has 0 N–H and O–H groups in total. The molecule has 1 aliphatic rings. The highest BCUT2D eigenvalue weighted by atomic mass is 35.5. The zero-order chi connectivity index (χ0) is 96.7. The first kappa shape index (κ1) is 158. The van der Waals surface area contributed by atoms with Crippen LogP contribution in [0.1, 0.15) is 644 Å². The van der Waals surface area contributed by atoms with Crippen molar-refractivity contribution in [2.75, 3.05) is 0 Å². The molecule has 1 fully saturated rings. The van der Waals surface area contributed by atoms with E-state index >= 15 is 0 Å². The lowest BCUT2D eigenvalue weighted by Crippen LogP contribution is -2.15. The lowest BCUT2D eigenvalue weighted by molar-refractivity contribution is -0.0119. The van der Waals surface area contributed by atoms with Crippen LogP contribution in [0.3, 0.4) is 0 Å². The summed E-state index contributed by atoms with van der Waals surface area (Å²) >= 11 is 5.65. The first-order valence-electron chi connectivity index (χ1n) is 53.2. The van der Waals surface area contributed by atoms with Crippen LogP contribution in [0.5, 0.6) is 0 Å². The van der Waals surface area contributed by atoms with Crippen LogP contribution < -0.4 is 0 Å². The molecule has 0 nitrogen and oxygen atoms in total. The Bertz CT molecular complexity index is 1390. The Morgan fingerprint density at radius 3 is 0.581 bits per heavy atom. The monoisotopic (exact) mass is 1700 g/mol. The standard InChI is InChI=1S/C9H20.3C8H18.C7H14.3C7H16.C6H12F2.3C6H14.C5H11Cl.4C5H12.C4H10/c1-5-7-9(3,4)8-6-2;1-6-7(2)8(3,4)5;2*1-5-7(3)8(4)6-2;1-3-7(4-2)5-6-7;1-5-7(3,4)6-2;1-5-7(4)6(2)3;1-4-6-7(3)5-2;1-3-5-6(7,8)4-2;2*1-4-5-6(2)3;1-3-5-6-4-2;1-3-5(6)4-2;2*1-4-5(2)3;2*1-3-5-4-2;1-3-4-2/h5-8H2,1-4H3;7H,6H2,1-5H3;2*7-8H,5-6H2,1-4H3;3-6H2,1-2H3;5-6H2,1-4H3;6-7H,5H2,1-4H3;7H,4-6H2,1-3H3;3-5H2,1-2H3;2*6H,4-5H2,1-3H3;3-6H2,1-2H3;5H,3-4H2,1-2H3;2*5H,4H2,1-3H3;2*3-5H2,1-2H3;3-4H2,1-2H3. The van der Waals surface area contributed by atoms with Gasteiger partial charge in [-0.1, -0.05) is 592 Å². The summed E-state index contributed by atoms with van der Waals surface area (Å²) in [4.78, 5) is 0. The van der Waals surface area contributed by atoms with E-state index in [2.05, 4.69) is 360 Å². The van der Waals surface area contributed by atoms with Crippen LogP contribution in [-0.4, -0.2) is 11.3 Å². The molecule has 117 heavy (non-hydrogen) atoms. The van der Waals surface area contributed by atoms with Gasteiger partial charge in [0.1, 0.15) is 0 Å². The molecule has 0 saturated heterocycles. The quantitative estimate of drug-likeness (QED) is 0.0425. The van der Waals surface area contributed by atoms with Gasteiger partial charge in [0.05, 0.1) is 0 Å². The molecule has 7 atom stereocenters. The van der Waals surface area contributed by atoms with E-state index in [1.807, 2.05) is 0 Å². The summed E-state index contributed by atoms with van der Waals surface area (Å²) < 4.78 is 24.3. The number of hydrogen-bond donors (Lipinski definition) is 0. The SMILES string of the molecule is CCC(C)(C)CC.CCC(C)C.CCC(C)C.CCC(C)C(C)(C)C.CCC(C)C(C)C.CCC(C)C(C)CC.CCC(C)C(C)CC.CCC(Cl)CC.CCC1(CC)CC1.CCCC.CCCC(C)(C)CCC.CCCC(C)C.CCCC(C)C.CCCC(C)CC.CCCC(F)(F)CC.CCCCC.CCCCC.CCCCCC. The van der Waals surface area contributed by atoms with Gasteiger partial charge in [0.2, 0.25) is 5.92 Å². The smallest absolute Gasteiger partial charge is 0.207 e. The van der Waals surface area contributed by atoms with Gasteiger partial charge in [-0.25, -0.2) is 8.78 Å². The fraction of sp³-hybridized carbons (Fsp3) is 1.00. The van der Waals surface area contributed by atoms with E-state index in [9.17, 15) is 8.78 Å². The predicted molar refractivity (Wildman–Crippen MR) is 567 cm³/mol. The molecular formula is C114H259ClF2. The Kier molecular flexibility index (Phi) is 168. The average Bonchev–Trinajstić information content (AvgIpc) is 1.68. The van der Waals surface area contributed by atoms with E-state index < -0.39 is 5.92 Å². The molecule has 0 bridgehead atoms. The zero-order valence-electron chi connectivity index (χ0n) is 94.8. The summed E-state index contributed by atoms with van der Waals surface area (Å²) in [6, 6.07) is 0. The normalized spacial score (nSPS) is 13.1. The summed E-state index contributed by atoms with van der Waals surface area (Å²) in [7, 11) is 0. The number of alkyl halides is 3. The van der Waals surface area contributed by atoms with Crippen molar-refractivity contribution in [1.29, 1.82) is 0 Å². The molecule has 0 radical (unpaired) electrons. The Morgan fingerprint density at radius 1 is 0.265 bits per heavy atom. The van der Waals surface area contributed by atoms with Gasteiger partial charge >= 0.3 is 0 Å². The van der Waals surface area contributed by atoms with E-state index in [1.165, 1.54) is 244 Å². The van der Waals surface area contributed by atoms with Crippen molar-refractivity contribution >= 4 is 11.6 Å². The summed E-state index contributed by atoms with van der Waals surface area (Å²) in [6.07, 6.45) is 52.9. The number of halogens is 3. The molecule has 0 aromatic heterocycles. The van der Waals surface area contributed by atoms with Crippen molar-refractivity contribution in [1.82, 2.24) is 0 Å². The van der Waals surface area contributed by atoms with Crippen LogP contribution in [0.25, 0.3) is 0 Å². The van der Waals surface area contributed by atoms with Gasteiger partial charge in [-0.15, -0.1) is 11.6 Å². The molecule has 7 unspecified atom stereocenters. The molecule has 3 heteroatoms. The predicted octanol–water partition coefficient (Wildman–Crippen LogP) is 46.8. The Labute approximate surface area is 763 Å². The van der Waals surface area contributed by atoms with Gasteiger partial charge in [-0.3, -0.25) is 0 Å². The number of rotatable bonds is 39. The minimum Gasteiger partial charge on any atom is -0.207 e. The van der Waals surface area contributed by atoms with E-state index in [-0.39, 0.29) is 12.8 Å². The highest BCUT2D eigenvalue weighted by Crippen LogP contribution is 2.51. The average molecular weight is 1700 g/mol. The largest absolute Gasteiger partial charge is 0.247 e. The fourth-order valence-electron chi connectivity index (χ4n) is 9.45. The van der Waals surface area contributed by atoms with E-state index in [0.717, 1.165) is 89.3 Å². The fourth-order valence-corrected chi connectivity index (χ4v) is 9.45. The van der Waals surface area contributed by atoms with Gasteiger partial charge < -0.3 is 0 Å². The second kappa shape index (κ2) is 125. The third kappa shape index (κ3) is 190. The summed E-state index contributed by atoms with van der Waals surface area (Å²) in [6.45, 7) is 120. The first-order chi connectivity index (χ1) is 54.1. The second-order valence-electron chi connectivity index (χ2n) is 40.1. The number of unbranched alkanes of at least 4 members (excludes halogenated alkanes) is 8. The maximum Gasteiger partial charge on any atom is 0.247 e. The molecular weight excluding hydrogens is 1440 g/mol. The summed E-state index contributed by atoms with van der Waals surface area (Å²) in [5, 5.41) is 0.407. The van der Waals surface area contributed by atoms with Crippen LogP contribution in [0.2, 0.25) is 0 Å². The van der Waals surface area contributed by atoms with Crippen molar-refractivity contribution in [3.63, 3.8) is 0 Å². The van der Waals surface area contributed by atoms with Gasteiger partial charge in [-0.05, 0) is 131 Å². The molecule has 1 rings (SSSR count). The van der Waals surface area contributed by atoms with Crippen molar-refractivity contribution in [2.45, 2.75) is 655 Å². The molecule has 0 amide bonds. The second-order valence-corrected chi connectivity index (χ2v) is 40.8. The molecule has 0 heterocycles. The molecule has 1 aliphatic carbocycles. The third-order valence-corrected chi connectivity index (χ3v) is 25.0. The maximum atomic E-state index is 12.2. The zero-order valence-corrected chi connectivity index (χ0v) is 95.6. The van der Waals surface area contributed by atoms with Crippen LogP contribution in [0.4, 0.5) is 8.78 Å². The van der Waals surface area contributed by atoms with E-state index in [0.29, 0.717) is 28.0 Å².